The van der Waals surface area contributed by atoms with Crippen molar-refractivity contribution in [3.05, 3.63) is 35.4 Å². The molecule has 0 spiro atoms. The molecule has 2 amide bonds. The molecule has 28 heavy (non-hydrogen) atoms. The van der Waals surface area contributed by atoms with Gasteiger partial charge in [0.2, 0.25) is 12.3 Å². The molecule has 4 N–H and O–H groups in total. The molecule has 1 aromatic rings. The predicted octanol–water partition coefficient (Wildman–Crippen LogP) is 2.16. The normalized spacial score (nSPS) is 14.2. The third-order valence-corrected chi connectivity index (χ3v) is 4.98. The Hall–Kier alpha value is -1.86. The first kappa shape index (κ1) is 24.2. The van der Waals surface area contributed by atoms with E-state index in [0.29, 0.717) is 24.8 Å². The third-order valence-electron chi connectivity index (χ3n) is 4.33. The van der Waals surface area contributed by atoms with E-state index in [0.717, 1.165) is 17.7 Å². The Morgan fingerprint density at radius 3 is 2.29 bits per heavy atom. The summed E-state index contributed by atoms with van der Waals surface area (Å²) in [4.78, 5) is 36.5. The maximum absolute atomic E-state index is 13.0. The fraction of sp³-hybridized carbons (Fsp3) is 0.571. The van der Waals surface area contributed by atoms with Gasteiger partial charge in [0, 0.05) is 11.6 Å². The highest BCUT2D eigenvalue weighted by molar-refractivity contribution is 7.98. The molecule has 0 fully saturated rings. The molecule has 1 rings (SSSR count). The van der Waals surface area contributed by atoms with Crippen molar-refractivity contribution in [2.45, 2.75) is 58.2 Å². The summed E-state index contributed by atoms with van der Waals surface area (Å²) in [5.74, 6) is 0.524. The molecule has 0 aromatic heterocycles. The average molecular weight is 408 g/mol. The molecule has 0 saturated carbocycles. The number of benzene rings is 1. The first-order valence-corrected chi connectivity index (χ1v) is 11.1. The lowest BCUT2D eigenvalue weighted by Crippen LogP contribution is -2.50. The molecular formula is C21H33N3O3S. The number of carbonyl (C=O) groups is 3. The van der Waals surface area contributed by atoms with Crippen LogP contribution >= 0.6 is 11.8 Å². The summed E-state index contributed by atoms with van der Waals surface area (Å²) < 4.78 is 0. The number of amides is 2. The minimum absolute atomic E-state index is 0.0538. The lowest BCUT2D eigenvalue weighted by Gasteiger charge is -2.23. The maximum Gasteiger partial charge on any atom is 0.243 e. The van der Waals surface area contributed by atoms with Crippen molar-refractivity contribution >= 4 is 29.9 Å². The van der Waals surface area contributed by atoms with Crippen molar-refractivity contribution in [2.75, 3.05) is 12.0 Å². The van der Waals surface area contributed by atoms with Gasteiger partial charge in [-0.2, -0.15) is 11.8 Å². The molecule has 156 valence electrons. The van der Waals surface area contributed by atoms with E-state index in [9.17, 15) is 14.4 Å². The summed E-state index contributed by atoms with van der Waals surface area (Å²) in [6, 6.07) is 6.17. The van der Waals surface area contributed by atoms with E-state index in [-0.39, 0.29) is 23.7 Å². The lowest BCUT2D eigenvalue weighted by atomic mass is 9.94. The van der Waals surface area contributed by atoms with Gasteiger partial charge in [-0.1, -0.05) is 38.1 Å². The smallest absolute Gasteiger partial charge is 0.243 e. The monoisotopic (exact) mass is 407 g/mol. The van der Waals surface area contributed by atoms with Crippen LogP contribution < -0.4 is 16.4 Å². The van der Waals surface area contributed by atoms with E-state index in [2.05, 4.69) is 10.6 Å². The average Bonchev–Trinajstić information content (AvgIpc) is 2.63. The number of hydrogen-bond acceptors (Lipinski definition) is 5. The van der Waals surface area contributed by atoms with Crippen molar-refractivity contribution in [3.8, 4) is 0 Å². The molecule has 1 aromatic carbocycles. The van der Waals surface area contributed by atoms with Crippen LogP contribution in [0.4, 0.5) is 0 Å². The molecular weight excluding hydrogens is 374 g/mol. The van der Waals surface area contributed by atoms with Crippen LogP contribution in [0.15, 0.2) is 24.3 Å². The van der Waals surface area contributed by atoms with Gasteiger partial charge in [-0.15, -0.1) is 0 Å². The minimum Gasteiger partial charge on any atom is -0.347 e. The van der Waals surface area contributed by atoms with Gasteiger partial charge in [0.1, 0.15) is 6.04 Å². The van der Waals surface area contributed by atoms with Crippen LogP contribution in [0.25, 0.3) is 0 Å². The van der Waals surface area contributed by atoms with E-state index in [1.807, 2.05) is 39.2 Å². The predicted molar refractivity (Wildman–Crippen MR) is 115 cm³/mol. The SMILES string of the molecule is CSCC[C@@H](NC=O)C(=O)N[C@H](CC(C)C)C(=O)c1ccc(CC(C)N)cc1. The standard InChI is InChI=1S/C21H33N3O3S/c1-14(2)11-19(24-21(27)18(23-13-25)9-10-28-4)20(26)17-7-5-16(6-8-17)12-15(3)22/h5-8,13-15,18-19H,9-12,22H2,1-4H3,(H,23,25)(H,24,27)/t15?,18-,19-/m1/s1. The Labute approximate surface area is 172 Å². The van der Waals surface area contributed by atoms with Crippen LogP contribution in [0.5, 0.6) is 0 Å². The first-order valence-electron chi connectivity index (χ1n) is 9.66. The zero-order valence-electron chi connectivity index (χ0n) is 17.2. The van der Waals surface area contributed by atoms with E-state index in [4.69, 9.17) is 5.73 Å². The topological polar surface area (TPSA) is 101 Å². The Morgan fingerprint density at radius 2 is 1.79 bits per heavy atom. The second-order valence-electron chi connectivity index (χ2n) is 7.55. The molecule has 0 aliphatic carbocycles. The van der Waals surface area contributed by atoms with Crippen molar-refractivity contribution in [2.24, 2.45) is 11.7 Å². The van der Waals surface area contributed by atoms with E-state index >= 15 is 0 Å². The highest BCUT2D eigenvalue weighted by Crippen LogP contribution is 2.14. The maximum atomic E-state index is 13.0. The molecule has 0 heterocycles. The van der Waals surface area contributed by atoms with E-state index < -0.39 is 12.1 Å². The van der Waals surface area contributed by atoms with E-state index in [1.165, 1.54) is 0 Å². The van der Waals surface area contributed by atoms with Crippen LogP contribution in [0.3, 0.4) is 0 Å². The molecule has 0 saturated heterocycles. The Kier molecular flexibility index (Phi) is 10.9. The second kappa shape index (κ2) is 12.6. The van der Waals surface area contributed by atoms with Crippen LogP contribution in [0.1, 0.15) is 49.5 Å². The molecule has 0 radical (unpaired) electrons. The Balaban J connectivity index is 2.91. The van der Waals surface area contributed by atoms with Gasteiger partial charge >= 0.3 is 0 Å². The Morgan fingerprint density at radius 1 is 1.14 bits per heavy atom. The fourth-order valence-corrected chi connectivity index (χ4v) is 3.43. The van der Waals surface area contributed by atoms with Crippen molar-refractivity contribution < 1.29 is 14.4 Å². The van der Waals surface area contributed by atoms with Crippen molar-refractivity contribution in [1.82, 2.24) is 10.6 Å². The van der Waals surface area contributed by atoms with Gasteiger partial charge in [0.05, 0.1) is 6.04 Å². The molecule has 0 aliphatic heterocycles. The number of Topliss-reactive ketones (excluding diaryl/α,β-unsaturated/α-hetero) is 1. The molecule has 1 unspecified atom stereocenters. The molecule has 0 bridgehead atoms. The zero-order chi connectivity index (χ0) is 21.1. The lowest BCUT2D eigenvalue weighted by molar-refractivity contribution is -0.125. The minimum atomic E-state index is -0.638. The second-order valence-corrected chi connectivity index (χ2v) is 8.54. The number of carbonyl (C=O) groups excluding carboxylic acids is 3. The first-order chi connectivity index (χ1) is 13.3. The van der Waals surface area contributed by atoms with E-state index in [1.54, 1.807) is 23.9 Å². The van der Waals surface area contributed by atoms with Gasteiger partial charge in [0.15, 0.2) is 5.78 Å². The summed E-state index contributed by atoms with van der Waals surface area (Å²) in [6.07, 6.45) is 4.26. The van der Waals surface area contributed by atoms with Crippen molar-refractivity contribution in [3.63, 3.8) is 0 Å². The summed E-state index contributed by atoms with van der Waals surface area (Å²) in [6.45, 7) is 5.95. The largest absolute Gasteiger partial charge is 0.347 e. The van der Waals surface area contributed by atoms with Crippen LogP contribution in [-0.2, 0) is 16.0 Å². The number of thioether (sulfide) groups is 1. The molecule has 0 aliphatic rings. The van der Waals surface area contributed by atoms with Gasteiger partial charge in [-0.25, -0.2) is 0 Å². The van der Waals surface area contributed by atoms with Gasteiger partial charge < -0.3 is 16.4 Å². The van der Waals surface area contributed by atoms with Crippen LogP contribution in [0.2, 0.25) is 0 Å². The zero-order valence-corrected chi connectivity index (χ0v) is 18.1. The highest BCUT2D eigenvalue weighted by atomic mass is 32.2. The number of nitrogens with two attached hydrogens (primary N) is 1. The number of nitrogens with one attached hydrogen (secondary N) is 2. The summed E-state index contributed by atoms with van der Waals surface area (Å²) in [7, 11) is 0. The summed E-state index contributed by atoms with van der Waals surface area (Å²) in [5.41, 5.74) is 7.45. The van der Waals surface area contributed by atoms with Crippen molar-refractivity contribution in [1.29, 1.82) is 0 Å². The highest BCUT2D eigenvalue weighted by Gasteiger charge is 2.26. The van der Waals surface area contributed by atoms with Gasteiger partial charge in [-0.05, 0) is 49.7 Å². The summed E-state index contributed by atoms with van der Waals surface area (Å²) >= 11 is 1.60. The molecule has 3 atom stereocenters. The summed E-state index contributed by atoms with van der Waals surface area (Å²) in [5, 5.41) is 5.40. The van der Waals surface area contributed by atoms with Gasteiger partial charge in [-0.3, -0.25) is 14.4 Å². The number of hydrogen-bond donors (Lipinski definition) is 3. The fourth-order valence-electron chi connectivity index (χ4n) is 2.96. The number of rotatable bonds is 13. The molecule has 6 nitrogen and oxygen atoms in total. The van der Waals surface area contributed by atoms with Crippen LogP contribution in [0, 0.1) is 5.92 Å². The quantitative estimate of drug-likeness (QED) is 0.344. The number of ketones is 1. The third kappa shape index (κ3) is 8.44. The van der Waals surface area contributed by atoms with Gasteiger partial charge in [0.25, 0.3) is 0 Å². The molecule has 7 heteroatoms. The Bertz CT molecular complexity index is 632. The van der Waals surface area contributed by atoms with Crippen LogP contribution in [-0.4, -0.2) is 48.2 Å².